The molecule has 5 heteroatoms. The molecule has 0 aliphatic heterocycles. The summed E-state index contributed by atoms with van der Waals surface area (Å²) in [5, 5.41) is 7.07. The molecule has 1 heterocycles. The summed E-state index contributed by atoms with van der Waals surface area (Å²) in [6.45, 7) is 0. The molecule has 62 valence electrons. The summed E-state index contributed by atoms with van der Waals surface area (Å²) in [6.07, 6.45) is 0. The molecule has 0 atom stereocenters. The standard InChI is InChI=1S/C7H3BrClFN2/c8-4-2-1-3-6(5(4)10)11-12-7(3)9/h1-2H,(H,11,12). The van der Waals surface area contributed by atoms with E-state index in [-0.39, 0.29) is 11.0 Å². The van der Waals surface area contributed by atoms with E-state index in [1.54, 1.807) is 12.1 Å². The Kier molecular flexibility index (Phi) is 1.81. The highest BCUT2D eigenvalue weighted by Gasteiger charge is 2.09. The smallest absolute Gasteiger partial charge is 0.163 e. The first-order valence-electron chi connectivity index (χ1n) is 3.17. The van der Waals surface area contributed by atoms with Crippen molar-refractivity contribution in [1.29, 1.82) is 0 Å². The average molecular weight is 249 g/mol. The van der Waals surface area contributed by atoms with Gasteiger partial charge in [-0.2, -0.15) is 5.10 Å². The number of H-pyrrole nitrogens is 1. The second-order valence-corrected chi connectivity index (χ2v) is 3.51. The topological polar surface area (TPSA) is 28.7 Å². The fourth-order valence-electron chi connectivity index (χ4n) is 0.997. The Bertz CT molecular complexity index is 440. The summed E-state index contributed by atoms with van der Waals surface area (Å²) < 4.78 is 13.6. The molecule has 0 aliphatic rings. The van der Waals surface area contributed by atoms with Crippen LogP contribution in [0.1, 0.15) is 0 Å². The number of nitrogens with zero attached hydrogens (tertiary/aromatic N) is 1. The van der Waals surface area contributed by atoms with Gasteiger partial charge in [-0.3, -0.25) is 5.10 Å². The maximum absolute atomic E-state index is 13.2. The van der Waals surface area contributed by atoms with Gasteiger partial charge in [0.15, 0.2) is 11.0 Å². The zero-order valence-corrected chi connectivity index (χ0v) is 8.08. The lowest BCUT2D eigenvalue weighted by Gasteiger charge is -1.93. The molecule has 0 amide bonds. The Balaban J connectivity index is 2.93. The number of benzene rings is 1. The van der Waals surface area contributed by atoms with Gasteiger partial charge in [0, 0.05) is 5.39 Å². The van der Waals surface area contributed by atoms with Crippen LogP contribution in [0.4, 0.5) is 4.39 Å². The van der Waals surface area contributed by atoms with Crippen LogP contribution in [0.15, 0.2) is 16.6 Å². The van der Waals surface area contributed by atoms with Gasteiger partial charge in [0.1, 0.15) is 5.52 Å². The summed E-state index contributed by atoms with van der Waals surface area (Å²) >= 11 is 8.73. The summed E-state index contributed by atoms with van der Waals surface area (Å²) in [7, 11) is 0. The Morgan fingerprint density at radius 3 is 3.00 bits per heavy atom. The first-order chi connectivity index (χ1) is 5.70. The number of aromatic nitrogens is 2. The molecule has 2 nitrogen and oxygen atoms in total. The van der Waals surface area contributed by atoms with Crippen molar-refractivity contribution in [2.45, 2.75) is 0 Å². The predicted octanol–water partition coefficient (Wildman–Crippen LogP) is 3.12. The molecule has 0 saturated carbocycles. The van der Waals surface area contributed by atoms with E-state index in [0.717, 1.165) is 0 Å². The van der Waals surface area contributed by atoms with Crippen molar-refractivity contribution >= 4 is 38.4 Å². The quantitative estimate of drug-likeness (QED) is 0.763. The highest BCUT2D eigenvalue weighted by molar-refractivity contribution is 9.10. The van der Waals surface area contributed by atoms with Gasteiger partial charge < -0.3 is 0 Å². The molecule has 0 unspecified atom stereocenters. The van der Waals surface area contributed by atoms with E-state index in [1.165, 1.54) is 0 Å². The molecule has 2 aromatic rings. The van der Waals surface area contributed by atoms with Crippen LogP contribution in [0.25, 0.3) is 10.9 Å². The lowest BCUT2D eigenvalue weighted by atomic mass is 10.2. The molecule has 2 rings (SSSR count). The Labute approximate surface area is 80.8 Å². The minimum Gasteiger partial charge on any atom is -0.273 e. The average Bonchev–Trinajstić information content (AvgIpc) is 2.41. The third-order valence-corrected chi connectivity index (χ3v) is 2.48. The lowest BCUT2D eigenvalue weighted by molar-refractivity contribution is 0.630. The fourth-order valence-corrected chi connectivity index (χ4v) is 1.53. The number of nitrogens with one attached hydrogen (secondary N) is 1. The largest absolute Gasteiger partial charge is 0.273 e. The van der Waals surface area contributed by atoms with Crippen LogP contribution in [-0.4, -0.2) is 10.2 Å². The zero-order valence-electron chi connectivity index (χ0n) is 5.74. The maximum atomic E-state index is 13.2. The van der Waals surface area contributed by atoms with E-state index in [4.69, 9.17) is 11.6 Å². The Morgan fingerprint density at radius 1 is 1.50 bits per heavy atom. The molecular weight excluding hydrogens is 246 g/mol. The van der Waals surface area contributed by atoms with E-state index in [0.29, 0.717) is 15.4 Å². The zero-order chi connectivity index (χ0) is 8.72. The number of halogens is 3. The third-order valence-electron chi connectivity index (χ3n) is 1.58. The van der Waals surface area contributed by atoms with Crippen LogP contribution in [0.2, 0.25) is 5.15 Å². The van der Waals surface area contributed by atoms with Crippen molar-refractivity contribution < 1.29 is 4.39 Å². The first kappa shape index (κ1) is 8.01. The minimum absolute atomic E-state index is 0.288. The van der Waals surface area contributed by atoms with E-state index in [1.807, 2.05) is 0 Å². The number of rotatable bonds is 0. The van der Waals surface area contributed by atoms with Crippen molar-refractivity contribution in [2.75, 3.05) is 0 Å². The SMILES string of the molecule is Fc1c(Br)ccc2c(Cl)n[nH]c12. The van der Waals surface area contributed by atoms with E-state index in [2.05, 4.69) is 26.1 Å². The molecule has 0 spiro atoms. The van der Waals surface area contributed by atoms with Gasteiger partial charge in [-0.1, -0.05) is 11.6 Å². The summed E-state index contributed by atoms with van der Waals surface area (Å²) in [6, 6.07) is 3.30. The fraction of sp³-hybridized carbons (Fsp3) is 0. The van der Waals surface area contributed by atoms with E-state index >= 15 is 0 Å². The van der Waals surface area contributed by atoms with Crippen LogP contribution in [0.5, 0.6) is 0 Å². The molecule has 0 aliphatic carbocycles. The Morgan fingerprint density at radius 2 is 2.25 bits per heavy atom. The van der Waals surface area contributed by atoms with Crippen molar-refractivity contribution in [1.82, 2.24) is 10.2 Å². The van der Waals surface area contributed by atoms with E-state index in [9.17, 15) is 4.39 Å². The lowest BCUT2D eigenvalue weighted by Crippen LogP contribution is -1.79. The molecule has 12 heavy (non-hydrogen) atoms. The first-order valence-corrected chi connectivity index (χ1v) is 4.35. The van der Waals surface area contributed by atoms with Gasteiger partial charge in [-0.25, -0.2) is 4.39 Å². The van der Waals surface area contributed by atoms with Gasteiger partial charge in [0.2, 0.25) is 0 Å². The molecule has 0 radical (unpaired) electrons. The normalized spacial score (nSPS) is 10.9. The maximum Gasteiger partial charge on any atom is 0.163 e. The highest BCUT2D eigenvalue weighted by Crippen LogP contribution is 2.27. The molecule has 1 aromatic carbocycles. The number of fused-ring (bicyclic) bond motifs is 1. The molecule has 1 aromatic heterocycles. The van der Waals surface area contributed by atoms with Crippen LogP contribution in [-0.2, 0) is 0 Å². The van der Waals surface area contributed by atoms with Crippen LogP contribution in [0, 0.1) is 5.82 Å². The van der Waals surface area contributed by atoms with Crippen molar-refractivity contribution in [3.05, 3.63) is 27.6 Å². The number of hydrogen-bond acceptors (Lipinski definition) is 1. The van der Waals surface area contributed by atoms with Gasteiger partial charge >= 0.3 is 0 Å². The third kappa shape index (κ3) is 1.03. The van der Waals surface area contributed by atoms with Crippen molar-refractivity contribution in [3.63, 3.8) is 0 Å². The van der Waals surface area contributed by atoms with Crippen LogP contribution in [0.3, 0.4) is 0 Å². The molecular formula is C7H3BrClFN2. The van der Waals surface area contributed by atoms with Gasteiger partial charge in [0.25, 0.3) is 0 Å². The van der Waals surface area contributed by atoms with Gasteiger partial charge in [-0.05, 0) is 28.1 Å². The summed E-state index contributed by atoms with van der Waals surface area (Å²) in [4.78, 5) is 0. The monoisotopic (exact) mass is 248 g/mol. The van der Waals surface area contributed by atoms with E-state index < -0.39 is 0 Å². The van der Waals surface area contributed by atoms with Crippen molar-refractivity contribution in [3.8, 4) is 0 Å². The molecule has 0 saturated heterocycles. The van der Waals surface area contributed by atoms with Crippen LogP contribution >= 0.6 is 27.5 Å². The number of hydrogen-bond donors (Lipinski definition) is 1. The highest BCUT2D eigenvalue weighted by atomic mass is 79.9. The van der Waals surface area contributed by atoms with Gasteiger partial charge in [0.05, 0.1) is 4.47 Å². The Hall–Kier alpha value is -0.610. The minimum atomic E-state index is -0.369. The second-order valence-electron chi connectivity index (χ2n) is 2.30. The molecule has 0 fully saturated rings. The summed E-state index contributed by atoms with van der Waals surface area (Å²) in [5.74, 6) is -0.369. The second kappa shape index (κ2) is 2.71. The molecule has 1 N–H and O–H groups in total. The summed E-state index contributed by atoms with van der Waals surface area (Å²) in [5.41, 5.74) is 0.328. The number of aromatic amines is 1. The van der Waals surface area contributed by atoms with Crippen LogP contribution < -0.4 is 0 Å². The van der Waals surface area contributed by atoms with Crippen molar-refractivity contribution in [2.24, 2.45) is 0 Å². The van der Waals surface area contributed by atoms with Gasteiger partial charge in [-0.15, -0.1) is 0 Å². The molecule has 0 bridgehead atoms. The predicted molar refractivity (Wildman–Crippen MR) is 48.8 cm³/mol.